The van der Waals surface area contributed by atoms with Crippen molar-refractivity contribution < 1.29 is 4.79 Å². The second kappa shape index (κ2) is 4.74. The number of likely N-dealkylation sites (N-methyl/N-ethyl adjacent to an activating group) is 1. The van der Waals surface area contributed by atoms with Crippen molar-refractivity contribution in [2.45, 2.75) is 12.5 Å². The van der Waals surface area contributed by atoms with E-state index in [1.54, 1.807) is 18.4 Å². The minimum Gasteiger partial charge on any atom is -0.358 e. The van der Waals surface area contributed by atoms with Gasteiger partial charge in [0.1, 0.15) is 0 Å². The molecule has 0 spiro atoms. The number of carbonyl (C=O) groups is 1. The van der Waals surface area contributed by atoms with Crippen molar-refractivity contribution in [1.82, 2.24) is 5.32 Å². The average molecular weight is 263 g/mol. The Morgan fingerprint density at radius 1 is 1.85 bits per heavy atom. The van der Waals surface area contributed by atoms with E-state index < -0.39 is 6.04 Å². The van der Waals surface area contributed by atoms with Gasteiger partial charge in [-0.25, -0.2) is 0 Å². The summed E-state index contributed by atoms with van der Waals surface area (Å²) < 4.78 is 1.04. The fourth-order valence-electron chi connectivity index (χ4n) is 0.956. The van der Waals surface area contributed by atoms with Crippen LogP contribution >= 0.6 is 27.3 Å². The van der Waals surface area contributed by atoms with Crippen LogP contribution in [0.5, 0.6) is 0 Å². The molecule has 1 atom stereocenters. The molecular formula is C8H11BrN2OS. The van der Waals surface area contributed by atoms with E-state index in [1.807, 2.05) is 11.4 Å². The molecule has 0 aliphatic carbocycles. The third kappa shape index (κ3) is 3.10. The molecule has 0 saturated carbocycles. The molecule has 0 bridgehead atoms. The molecule has 1 heterocycles. The lowest BCUT2D eigenvalue weighted by Crippen LogP contribution is -2.40. The molecule has 0 aliphatic rings. The number of thiophene rings is 1. The van der Waals surface area contributed by atoms with E-state index >= 15 is 0 Å². The van der Waals surface area contributed by atoms with Gasteiger partial charge >= 0.3 is 0 Å². The molecule has 3 nitrogen and oxygen atoms in total. The van der Waals surface area contributed by atoms with Crippen LogP contribution in [0.25, 0.3) is 0 Å². The Bertz CT molecular complexity index is 300. The maximum atomic E-state index is 11.1. The van der Waals surface area contributed by atoms with Gasteiger partial charge in [-0.1, -0.05) is 0 Å². The Labute approximate surface area is 89.5 Å². The summed E-state index contributed by atoms with van der Waals surface area (Å²) in [6, 6.07) is 1.53. The largest absolute Gasteiger partial charge is 0.358 e. The van der Waals surface area contributed by atoms with Gasteiger partial charge in [0.05, 0.1) is 6.04 Å². The third-order valence-electron chi connectivity index (χ3n) is 1.63. The number of nitrogens with one attached hydrogen (secondary N) is 1. The standard InChI is InChI=1S/C8H11BrN2OS/c1-11-8(12)7(10)3-6-2-5(9)4-13-6/h2,4,7H,3,10H2,1H3,(H,11,12). The van der Waals surface area contributed by atoms with Crippen LogP contribution in [-0.2, 0) is 11.2 Å². The molecule has 0 radical (unpaired) electrons. The van der Waals surface area contributed by atoms with Crippen LogP contribution in [0.4, 0.5) is 0 Å². The Morgan fingerprint density at radius 3 is 3.00 bits per heavy atom. The monoisotopic (exact) mass is 262 g/mol. The molecule has 1 rings (SSSR count). The van der Waals surface area contributed by atoms with Crippen LogP contribution in [0.2, 0.25) is 0 Å². The highest BCUT2D eigenvalue weighted by molar-refractivity contribution is 9.10. The summed E-state index contributed by atoms with van der Waals surface area (Å²) in [6.45, 7) is 0. The van der Waals surface area contributed by atoms with Crippen LogP contribution in [-0.4, -0.2) is 19.0 Å². The number of rotatable bonds is 3. The summed E-state index contributed by atoms with van der Waals surface area (Å²) in [5.41, 5.74) is 5.65. The SMILES string of the molecule is CNC(=O)C(N)Cc1cc(Br)cs1. The fraction of sp³-hybridized carbons (Fsp3) is 0.375. The zero-order valence-corrected chi connectivity index (χ0v) is 9.61. The summed E-state index contributed by atoms with van der Waals surface area (Å²) in [6.07, 6.45) is 0.593. The van der Waals surface area contributed by atoms with E-state index in [1.165, 1.54) is 0 Å². The van der Waals surface area contributed by atoms with Crippen molar-refractivity contribution in [3.05, 3.63) is 20.8 Å². The Balaban J connectivity index is 2.54. The number of halogens is 1. The lowest BCUT2D eigenvalue weighted by molar-refractivity contribution is -0.121. The second-order valence-corrected chi connectivity index (χ2v) is 4.57. The summed E-state index contributed by atoms with van der Waals surface area (Å²) in [5.74, 6) is -0.121. The van der Waals surface area contributed by atoms with Gasteiger partial charge in [-0.15, -0.1) is 11.3 Å². The predicted molar refractivity (Wildman–Crippen MR) is 57.8 cm³/mol. The molecule has 3 N–H and O–H groups in total. The van der Waals surface area contributed by atoms with Crippen molar-refractivity contribution in [2.24, 2.45) is 5.73 Å². The smallest absolute Gasteiger partial charge is 0.237 e. The van der Waals surface area contributed by atoms with Gasteiger partial charge in [0, 0.05) is 28.2 Å². The van der Waals surface area contributed by atoms with E-state index in [2.05, 4.69) is 21.2 Å². The normalized spacial score (nSPS) is 12.5. The second-order valence-electron chi connectivity index (χ2n) is 2.66. The zero-order valence-electron chi connectivity index (χ0n) is 7.21. The third-order valence-corrected chi connectivity index (χ3v) is 3.35. The Kier molecular flexibility index (Phi) is 3.90. The van der Waals surface area contributed by atoms with E-state index in [4.69, 9.17) is 5.73 Å². The van der Waals surface area contributed by atoms with Gasteiger partial charge in [-0.2, -0.15) is 0 Å². The minimum atomic E-state index is -0.449. The quantitative estimate of drug-likeness (QED) is 0.858. The molecule has 0 aromatic carbocycles. The Hall–Kier alpha value is -0.390. The lowest BCUT2D eigenvalue weighted by atomic mass is 10.2. The van der Waals surface area contributed by atoms with Crippen LogP contribution in [0.1, 0.15) is 4.88 Å². The molecule has 1 unspecified atom stereocenters. The lowest BCUT2D eigenvalue weighted by Gasteiger charge is -2.07. The molecule has 72 valence electrons. The summed E-state index contributed by atoms with van der Waals surface area (Å²) >= 11 is 4.94. The molecule has 1 aromatic heterocycles. The molecular weight excluding hydrogens is 252 g/mol. The van der Waals surface area contributed by atoms with Crippen LogP contribution in [0.15, 0.2) is 15.9 Å². The van der Waals surface area contributed by atoms with Gasteiger partial charge in [0.2, 0.25) is 5.91 Å². The maximum absolute atomic E-state index is 11.1. The van der Waals surface area contributed by atoms with Crippen molar-refractivity contribution in [2.75, 3.05) is 7.05 Å². The molecule has 1 amide bonds. The summed E-state index contributed by atoms with van der Waals surface area (Å²) in [7, 11) is 1.59. The van der Waals surface area contributed by atoms with Gasteiger partial charge in [0.15, 0.2) is 0 Å². The number of carbonyl (C=O) groups excluding carboxylic acids is 1. The first-order valence-corrected chi connectivity index (χ1v) is 5.51. The number of nitrogens with two attached hydrogens (primary N) is 1. The number of hydrogen-bond donors (Lipinski definition) is 2. The van der Waals surface area contributed by atoms with Crippen molar-refractivity contribution in [1.29, 1.82) is 0 Å². The summed E-state index contributed by atoms with van der Waals surface area (Å²) in [4.78, 5) is 12.2. The summed E-state index contributed by atoms with van der Waals surface area (Å²) in [5, 5.41) is 4.50. The molecule has 5 heteroatoms. The first-order chi connectivity index (χ1) is 6.13. The van der Waals surface area contributed by atoms with Gasteiger partial charge < -0.3 is 11.1 Å². The highest BCUT2D eigenvalue weighted by Crippen LogP contribution is 2.20. The van der Waals surface area contributed by atoms with Crippen LogP contribution in [0.3, 0.4) is 0 Å². The van der Waals surface area contributed by atoms with E-state index in [-0.39, 0.29) is 5.91 Å². The fourth-order valence-corrected chi connectivity index (χ4v) is 2.47. The maximum Gasteiger partial charge on any atom is 0.237 e. The van der Waals surface area contributed by atoms with Gasteiger partial charge in [0.25, 0.3) is 0 Å². The van der Waals surface area contributed by atoms with Crippen LogP contribution < -0.4 is 11.1 Å². The first kappa shape index (κ1) is 10.7. The highest BCUT2D eigenvalue weighted by atomic mass is 79.9. The minimum absolute atomic E-state index is 0.121. The number of amides is 1. The first-order valence-electron chi connectivity index (χ1n) is 3.83. The zero-order chi connectivity index (χ0) is 9.84. The van der Waals surface area contributed by atoms with E-state index in [0.29, 0.717) is 6.42 Å². The predicted octanol–water partition coefficient (Wildman–Crippen LogP) is 1.13. The van der Waals surface area contributed by atoms with E-state index in [0.717, 1.165) is 9.35 Å². The van der Waals surface area contributed by atoms with Crippen LogP contribution in [0, 0.1) is 0 Å². The highest BCUT2D eigenvalue weighted by Gasteiger charge is 2.12. The van der Waals surface area contributed by atoms with Gasteiger partial charge in [-0.3, -0.25) is 4.79 Å². The van der Waals surface area contributed by atoms with Crippen molar-refractivity contribution in [3.63, 3.8) is 0 Å². The number of hydrogen-bond acceptors (Lipinski definition) is 3. The molecule has 0 saturated heterocycles. The average Bonchev–Trinajstić information content (AvgIpc) is 2.49. The van der Waals surface area contributed by atoms with E-state index in [9.17, 15) is 4.79 Å². The molecule has 0 fully saturated rings. The Morgan fingerprint density at radius 2 is 2.54 bits per heavy atom. The molecule has 1 aromatic rings. The topological polar surface area (TPSA) is 55.1 Å². The molecule has 0 aliphatic heterocycles. The van der Waals surface area contributed by atoms with Gasteiger partial charge in [-0.05, 0) is 22.0 Å². The van der Waals surface area contributed by atoms with Crippen molar-refractivity contribution in [3.8, 4) is 0 Å². The molecule has 13 heavy (non-hydrogen) atoms. The van der Waals surface area contributed by atoms with Crippen molar-refractivity contribution >= 4 is 33.2 Å².